The van der Waals surface area contributed by atoms with Crippen LogP contribution in [0.15, 0.2) is 39.0 Å². The molecule has 0 atom stereocenters. The van der Waals surface area contributed by atoms with Crippen LogP contribution in [0.25, 0.3) is 0 Å². The molecule has 0 aliphatic heterocycles. The molecule has 8 heteroatoms. The Morgan fingerprint density at radius 3 is 2.56 bits per heavy atom. The van der Waals surface area contributed by atoms with Crippen molar-refractivity contribution in [3.8, 4) is 11.5 Å². The number of aliphatic hydroxyl groups excluding tert-OH is 1. The molecule has 0 radical (unpaired) electrons. The summed E-state index contributed by atoms with van der Waals surface area (Å²) in [6.45, 7) is 0.435. The standard InChI is InChI=1S/C26H30N2O6/c1-32-22-12-9-16(15-24(22)33-2)13-14-27-17(25-19(29)5-3-6-20(25)30)10-11-18-26-21(31)7-4-8-23(26)34-28-18/h9,12,15,29H,3-8,10-11,13-14H2,1-2H3. The quantitative estimate of drug-likeness (QED) is 0.546. The second-order valence-corrected chi connectivity index (χ2v) is 8.57. The van der Waals surface area contributed by atoms with E-state index in [1.165, 1.54) is 0 Å². The summed E-state index contributed by atoms with van der Waals surface area (Å²) < 4.78 is 16.1. The van der Waals surface area contributed by atoms with Crippen LogP contribution in [0.5, 0.6) is 11.5 Å². The van der Waals surface area contributed by atoms with E-state index in [-0.39, 0.29) is 17.3 Å². The molecular weight excluding hydrogens is 436 g/mol. The Balaban J connectivity index is 1.54. The summed E-state index contributed by atoms with van der Waals surface area (Å²) in [7, 11) is 3.18. The van der Waals surface area contributed by atoms with Crippen molar-refractivity contribution >= 4 is 17.3 Å². The highest BCUT2D eigenvalue weighted by Gasteiger charge is 2.28. The molecule has 0 spiro atoms. The van der Waals surface area contributed by atoms with Gasteiger partial charge in [-0.2, -0.15) is 0 Å². The van der Waals surface area contributed by atoms with E-state index < -0.39 is 0 Å². The second kappa shape index (κ2) is 10.7. The molecule has 0 fully saturated rings. The minimum Gasteiger partial charge on any atom is -0.511 e. The molecule has 0 amide bonds. The molecule has 2 aromatic rings. The maximum absolute atomic E-state index is 12.7. The monoisotopic (exact) mass is 466 g/mol. The van der Waals surface area contributed by atoms with E-state index in [2.05, 4.69) is 5.16 Å². The molecule has 1 N–H and O–H groups in total. The first-order valence-electron chi connectivity index (χ1n) is 11.7. The van der Waals surface area contributed by atoms with E-state index in [1.54, 1.807) is 14.2 Å². The van der Waals surface area contributed by atoms with Crippen molar-refractivity contribution in [3.05, 3.63) is 52.1 Å². The number of rotatable bonds is 9. The zero-order chi connectivity index (χ0) is 24.1. The maximum atomic E-state index is 12.7. The number of Topliss-reactive ketones (excluding diaryl/α,β-unsaturated/α-hetero) is 2. The number of hydrogen-bond donors (Lipinski definition) is 1. The molecule has 4 rings (SSSR count). The van der Waals surface area contributed by atoms with E-state index in [0.717, 1.165) is 12.0 Å². The fraction of sp³-hybridized carbons (Fsp3) is 0.462. The molecule has 1 aromatic carbocycles. The first kappa shape index (κ1) is 23.7. The Morgan fingerprint density at radius 1 is 1.03 bits per heavy atom. The third-order valence-electron chi connectivity index (χ3n) is 6.34. The molecule has 8 nitrogen and oxygen atoms in total. The van der Waals surface area contributed by atoms with Gasteiger partial charge < -0.3 is 19.1 Å². The molecule has 2 aliphatic carbocycles. The Bertz CT molecular complexity index is 1140. The van der Waals surface area contributed by atoms with Crippen LogP contribution in [0.4, 0.5) is 0 Å². The van der Waals surface area contributed by atoms with Gasteiger partial charge in [0.25, 0.3) is 0 Å². The zero-order valence-corrected chi connectivity index (χ0v) is 19.7. The van der Waals surface area contributed by atoms with Gasteiger partial charge in [0.1, 0.15) is 11.5 Å². The van der Waals surface area contributed by atoms with Crippen LogP contribution in [-0.2, 0) is 24.1 Å². The fourth-order valence-electron chi connectivity index (χ4n) is 4.59. The van der Waals surface area contributed by atoms with Crippen molar-refractivity contribution < 1.29 is 28.7 Å². The maximum Gasteiger partial charge on any atom is 0.168 e. The van der Waals surface area contributed by atoms with Crippen LogP contribution in [0.3, 0.4) is 0 Å². The topological polar surface area (TPSA) is 111 Å². The number of aliphatic hydroxyl groups is 1. The van der Waals surface area contributed by atoms with Gasteiger partial charge in [-0.15, -0.1) is 0 Å². The third-order valence-corrected chi connectivity index (χ3v) is 6.34. The van der Waals surface area contributed by atoms with Crippen LogP contribution in [-0.4, -0.2) is 48.3 Å². The third kappa shape index (κ3) is 5.05. The number of aryl methyl sites for hydroxylation is 2. The lowest BCUT2D eigenvalue weighted by Gasteiger charge is -2.17. The number of carbonyl (C=O) groups is 2. The van der Waals surface area contributed by atoms with Crippen molar-refractivity contribution in [2.45, 2.75) is 57.8 Å². The summed E-state index contributed by atoms with van der Waals surface area (Å²) >= 11 is 0. The van der Waals surface area contributed by atoms with E-state index in [9.17, 15) is 14.7 Å². The van der Waals surface area contributed by atoms with E-state index in [4.69, 9.17) is 19.0 Å². The van der Waals surface area contributed by atoms with Gasteiger partial charge in [0.15, 0.2) is 23.1 Å². The molecule has 0 bridgehead atoms. The van der Waals surface area contributed by atoms with Crippen LogP contribution in [0.1, 0.15) is 65.9 Å². The van der Waals surface area contributed by atoms with Crippen molar-refractivity contribution in [2.24, 2.45) is 4.99 Å². The first-order valence-corrected chi connectivity index (χ1v) is 11.7. The van der Waals surface area contributed by atoms with Gasteiger partial charge in [-0.1, -0.05) is 11.2 Å². The average Bonchev–Trinajstić information content (AvgIpc) is 3.26. The molecule has 0 unspecified atom stereocenters. The Kier molecular flexibility index (Phi) is 7.45. The number of hydrogen-bond acceptors (Lipinski definition) is 8. The highest BCUT2D eigenvalue weighted by atomic mass is 16.5. The summed E-state index contributed by atoms with van der Waals surface area (Å²) in [5.41, 5.74) is 3.09. The summed E-state index contributed by atoms with van der Waals surface area (Å²) in [6, 6.07) is 5.71. The Hall–Kier alpha value is -3.42. The molecule has 0 saturated carbocycles. The Morgan fingerprint density at radius 2 is 1.79 bits per heavy atom. The zero-order valence-electron chi connectivity index (χ0n) is 19.7. The molecule has 2 aliphatic rings. The van der Waals surface area contributed by atoms with Crippen LogP contribution >= 0.6 is 0 Å². The summed E-state index contributed by atoms with van der Waals surface area (Å²) in [5.74, 6) is 2.01. The number of ketones is 2. The average molecular weight is 467 g/mol. The van der Waals surface area contributed by atoms with Gasteiger partial charge in [-0.25, -0.2) is 0 Å². The number of carbonyl (C=O) groups excluding carboxylic acids is 2. The van der Waals surface area contributed by atoms with Gasteiger partial charge in [0.05, 0.1) is 31.1 Å². The molecule has 34 heavy (non-hydrogen) atoms. The summed E-state index contributed by atoms with van der Waals surface area (Å²) in [4.78, 5) is 29.8. The number of nitrogens with zero attached hydrogens (tertiary/aromatic N) is 2. The lowest BCUT2D eigenvalue weighted by Crippen LogP contribution is -2.21. The van der Waals surface area contributed by atoms with Crippen LogP contribution in [0.2, 0.25) is 0 Å². The first-order chi connectivity index (χ1) is 16.5. The predicted molar refractivity (Wildman–Crippen MR) is 126 cm³/mol. The highest BCUT2D eigenvalue weighted by molar-refractivity contribution is 6.23. The van der Waals surface area contributed by atoms with Gasteiger partial charge in [-0.3, -0.25) is 14.6 Å². The number of methoxy groups -OCH3 is 2. The smallest absolute Gasteiger partial charge is 0.168 e. The highest BCUT2D eigenvalue weighted by Crippen LogP contribution is 2.29. The summed E-state index contributed by atoms with van der Waals surface area (Å²) in [6.07, 6.45) is 4.93. The molecule has 180 valence electrons. The molecule has 1 heterocycles. The second-order valence-electron chi connectivity index (χ2n) is 8.57. The van der Waals surface area contributed by atoms with E-state index in [1.807, 2.05) is 18.2 Å². The summed E-state index contributed by atoms with van der Waals surface area (Å²) in [5, 5.41) is 14.6. The van der Waals surface area contributed by atoms with Gasteiger partial charge in [-0.05, 0) is 49.8 Å². The minimum atomic E-state index is -0.0909. The van der Waals surface area contributed by atoms with Crippen molar-refractivity contribution in [3.63, 3.8) is 0 Å². The number of aliphatic imine (C=N–C) groups is 1. The molecule has 1 aromatic heterocycles. The van der Waals surface area contributed by atoms with Crippen LogP contribution < -0.4 is 9.47 Å². The number of benzene rings is 1. The number of ether oxygens (including phenoxy) is 2. The van der Waals surface area contributed by atoms with Crippen molar-refractivity contribution in [1.82, 2.24) is 5.16 Å². The van der Waals surface area contributed by atoms with Gasteiger partial charge in [0, 0.05) is 37.9 Å². The molecule has 0 saturated heterocycles. The predicted octanol–water partition coefficient (Wildman–Crippen LogP) is 4.39. The largest absolute Gasteiger partial charge is 0.511 e. The van der Waals surface area contributed by atoms with E-state index in [0.29, 0.717) is 97.7 Å². The number of fused-ring (bicyclic) bond motifs is 1. The Labute approximate surface area is 198 Å². The SMILES string of the molecule is COc1ccc(CCN=C(CCc2noc3c2C(=O)CCC3)C2=C(O)CCCC2=O)cc1OC. The molecular formula is C26H30N2O6. The van der Waals surface area contributed by atoms with Crippen LogP contribution in [0, 0.1) is 0 Å². The van der Waals surface area contributed by atoms with Crippen molar-refractivity contribution in [1.29, 1.82) is 0 Å². The van der Waals surface area contributed by atoms with Gasteiger partial charge >= 0.3 is 0 Å². The minimum absolute atomic E-state index is 0.0558. The van der Waals surface area contributed by atoms with E-state index >= 15 is 0 Å². The normalized spacial score (nSPS) is 16.6. The number of aromatic nitrogens is 1. The van der Waals surface area contributed by atoms with Gasteiger partial charge in [0.2, 0.25) is 0 Å². The lowest BCUT2D eigenvalue weighted by molar-refractivity contribution is -0.115. The number of allylic oxidation sites excluding steroid dienone is 2. The van der Waals surface area contributed by atoms with Crippen molar-refractivity contribution in [2.75, 3.05) is 20.8 Å². The fourth-order valence-corrected chi connectivity index (χ4v) is 4.59. The lowest BCUT2D eigenvalue weighted by atomic mass is 9.89.